The minimum Gasteiger partial charge on any atom is -0.378 e. The van der Waals surface area contributed by atoms with Gasteiger partial charge in [0, 0.05) is 24.2 Å². The quantitative estimate of drug-likeness (QED) is 0.611. The van der Waals surface area contributed by atoms with Gasteiger partial charge in [0.25, 0.3) is 5.69 Å². The van der Waals surface area contributed by atoms with Crippen LogP contribution in [0.2, 0.25) is 0 Å². The van der Waals surface area contributed by atoms with Gasteiger partial charge >= 0.3 is 0 Å². The Morgan fingerprint density at radius 1 is 1.56 bits per heavy atom. The molecule has 16 heavy (non-hydrogen) atoms. The molecule has 0 aromatic heterocycles. The van der Waals surface area contributed by atoms with Crippen LogP contribution in [-0.2, 0) is 4.74 Å². The van der Waals surface area contributed by atoms with E-state index in [1.807, 2.05) is 0 Å². The van der Waals surface area contributed by atoms with Crippen LogP contribution < -0.4 is 5.32 Å². The molecule has 86 valence electrons. The molecule has 0 amide bonds. The van der Waals surface area contributed by atoms with Gasteiger partial charge in [0.15, 0.2) is 0 Å². The summed E-state index contributed by atoms with van der Waals surface area (Å²) in [6.07, 6.45) is 0. The predicted molar refractivity (Wildman–Crippen MR) is 54.6 cm³/mol. The number of benzene rings is 1. The summed E-state index contributed by atoms with van der Waals surface area (Å²) in [4.78, 5) is 10.0. The first-order valence-electron chi connectivity index (χ1n) is 4.93. The highest BCUT2D eigenvalue weighted by atomic mass is 19.1. The fraction of sp³-hybridized carbons (Fsp3) is 0.400. The molecule has 1 aromatic rings. The van der Waals surface area contributed by atoms with E-state index >= 15 is 0 Å². The monoisotopic (exact) mass is 226 g/mol. The number of non-ortho nitro benzene ring substituents is 1. The van der Waals surface area contributed by atoms with Crippen molar-refractivity contribution in [2.45, 2.75) is 6.04 Å². The second kappa shape index (κ2) is 4.54. The van der Waals surface area contributed by atoms with Gasteiger partial charge in [0.2, 0.25) is 0 Å². The largest absolute Gasteiger partial charge is 0.378 e. The summed E-state index contributed by atoms with van der Waals surface area (Å²) >= 11 is 0. The van der Waals surface area contributed by atoms with Crippen LogP contribution in [0.4, 0.5) is 10.1 Å². The first kappa shape index (κ1) is 11.0. The van der Waals surface area contributed by atoms with Gasteiger partial charge in [-0.25, -0.2) is 4.39 Å². The van der Waals surface area contributed by atoms with Gasteiger partial charge in [-0.3, -0.25) is 10.1 Å². The van der Waals surface area contributed by atoms with E-state index in [0.717, 1.165) is 12.1 Å². The summed E-state index contributed by atoms with van der Waals surface area (Å²) in [5.41, 5.74) is 0.178. The maximum atomic E-state index is 13.5. The average molecular weight is 226 g/mol. The molecule has 0 saturated carbocycles. The Balaban J connectivity index is 2.30. The third-order valence-corrected chi connectivity index (χ3v) is 2.49. The summed E-state index contributed by atoms with van der Waals surface area (Å²) in [5, 5.41) is 13.6. The van der Waals surface area contributed by atoms with Crippen molar-refractivity contribution < 1.29 is 14.1 Å². The molecule has 1 atom stereocenters. The maximum Gasteiger partial charge on any atom is 0.269 e. The van der Waals surface area contributed by atoms with Gasteiger partial charge in [-0.1, -0.05) is 0 Å². The van der Waals surface area contributed by atoms with Gasteiger partial charge in [-0.2, -0.15) is 0 Å². The summed E-state index contributed by atoms with van der Waals surface area (Å²) < 4.78 is 18.7. The lowest BCUT2D eigenvalue weighted by molar-refractivity contribution is -0.385. The van der Waals surface area contributed by atoms with E-state index < -0.39 is 10.7 Å². The van der Waals surface area contributed by atoms with Gasteiger partial charge in [-0.05, 0) is 6.07 Å². The second-order valence-electron chi connectivity index (χ2n) is 3.54. The molecule has 6 heteroatoms. The lowest BCUT2D eigenvalue weighted by Crippen LogP contribution is -2.35. The van der Waals surface area contributed by atoms with Crippen LogP contribution in [0.5, 0.6) is 0 Å². The zero-order valence-corrected chi connectivity index (χ0v) is 8.48. The van der Waals surface area contributed by atoms with Gasteiger partial charge in [0.05, 0.1) is 24.2 Å². The Bertz CT molecular complexity index is 405. The number of nitrogens with zero attached hydrogens (tertiary/aromatic N) is 1. The molecule has 0 unspecified atom stereocenters. The Morgan fingerprint density at radius 2 is 2.38 bits per heavy atom. The summed E-state index contributed by atoms with van der Waals surface area (Å²) in [7, 11) is 0. The number of morpholine rings is 1. The molecule has 2 rings (SSSR count). The average Bonchev–Trinajstić information content (AvgIpc) is 2.30. The molecule has 1 heterocycles. The number of nitrogens with one attached hydrogen (secondary N) is 1. The molecule has 1 aromatic carbocycles. The first-order valence-corrected chi connectivity index (χ1v) is 4.93. The van der Waals surface area contributed by atoms with Crippen LogP contribution >= 0.6 is 0 Å². The lowest BCUT2D eigenvalue weighted by atomic mass is 10.1. The van der Waals surface area contributed by atoms with Crippen molar-refractivity contribution in [1.29, 1.82) is 0 Å². The summed E-state index contributed by atoms with van der Waals surface area (Å²) in [6, 6.07) is 3.21. The van der Waals surface area contributed by atoms with E-state index in [1.165, 1.54) is 6.07 Å². The molecule has 1 fully saturated rings. The Kier molecular flexibility index (Phi) is 3.12. The number of nitro groups is 1. The zero-order chi connectivity index (χ0) is 11.5. The van der Waals surface area contributed by atoms with Crippen molar-refractivity contribution in [3.8, 4) is 0 Å². The lowest BCUT2D eigenvalue weighted by Gasteiger charge is -2.24. The van der Waals surface area contributed by atoms with Crippen molar-refractivity contribution in [3.05, 3.63) is 39.7 Å². The van der Waals surface area contributed by atoms with Gasteiger partial charge in [0.1, 0.15) is 5.82 Å². The van der Waals surface area contributed by atoms with E-state index in [-0.39, 0.29) is 17.3 Å². The molecular weight excluding hydrogens is 215 g/mol. The number of ether oxygens (including phenoxy) is 1. The third kappa shape index (κ3) is 2.17. The van der Waals surface area contributed by atoms with Crippen LogP contribution in [-0.4, -0.2) is 24.7 Å². The molecule has 5 nitrogen and oxygen atoms in total. The molecule has 1 N–H and O–H groups in total. The highest BCUT2D eigenvalue weighted by Gasteiger charge is 2.21. The SMILES string of the molecule is O=[N+]([O-])c1ccc(F)c([C@H]2COCCN2)c1. The third-order valence-electron chi connectivity index (χ3n) is 2.49. The predicted octanol–water partition coefficient (Wildman–Crippen LogP) is 1.39. The highest BCUT2D eigenvalue weighted by molar-refractivity contribution is 5.37. The van der Waals surface area contributed by atoms with E-state index in [4.69, 9.17) is 4.74 Å². The summed E-state index contributed by atoms with van der Waals surface area (Å²) in [5.74, 6) is -0.450. The molecule has 1 saturated heterocycles. The fourth-order valence-electron chi connectivity index (χ4n) is 1.68. The first-order chi connectivity index (χ1) is 7.68. The number of nitro benzene ring substituents is 1. The maximum absolute atomic E-state index is 13.5. The summed E-state index contributed by atoms with van der Waals surface area (Å²) in [6.45, 7) is 1.53. The van der Waals surface area contributed by atoms with Crippen molar-refractivity contribution >= 4 is 5.69 Å². The number of rotatable bonds is 2. The minimum atomic E-state index is -0.535. The molecule has 0 spiro atoms. The molecule has 0 bridgehead atoms. The number of hydrogen-bond donors (Lipinski definition) is 1. The smallest absolute Gasteiger partial charge is 0.269 e. The van der Waals surface area contributed by atoms with Crippen molar-refractivity contribution in [1.82, 2.24) is 5.32 Å². The number of hydrogen-bond acceptors (Lipinski definition) is 4. The second-order valence-corrected chi connectivity index (χ2v) is 3.54. The Hall–Kier alpha value is -1.53. The van der Waals surface area contributed by atoms with E-state index in [9.17, 15) is 14.5 Å². The molecule has 1 aliphatic rings. The normalized spacial score (nSPS) is 20.7. The van der Waals surface area contributed by atoms with Crippen LogP contribution in [0, 0.1) is 15.9 Å². The van der Waals surface area contributed by atoms with Crippen molar-refractivity contribution in [2.24, 2.45) is 0 Å². The Labute approximate surface area is 91.4 Å². The van der Waals surface area contributed by atoms with Crippen LogP contribution in [0.3, 0.4) is 0 Å². The molecule has 0 radical (unpaired) electrons. The standard InChI is InChI=1S/C10H11FN2O3/c11-9-2-1-7(13(14)15)5-8(9)10-6-16-4-3-12-10/h1-2,5,10,12H,3-4,6H2/t10-/m1/s1. The minimum absolute atomic E-state index is 0.108. The zero-order valence-electron chi connectivity index (χ0n) is 8.48. The van der Waals surface area contributed by atoms with Crippen molar-refractivity contribution in [2.75, 3.05) is 19.8 Å². The molecule has 1 aliphatic heterocycles. The van der Waals surface area contributed by atoms with Gasteiger partial charge in [-0.15, -0.1) is 0 Å². The highest BCUT2D eigenvalue weighted by Crippen LogP contribution is 2.23. The van der Waals surface area contributed by atoms with E-state index in [0.29, 0.717) is 19.8 Å². The van der Waals surface area contributed by atoms with Crippen molar-refractivity contribution in [3.63, 3.8) is 0 Å². The van der Waals surface area contributed by atoms with E-state index in [2.05, 4.69) is 5.32 Å². The van der Waals surface area contributed by atoms with Crippen LogP contribution in [0.15, 0.2) is 18.2 Å². The number of halogens is 1. The van der Waals surface area contributed by atoms with Crippen LogP contribution in [0.25, 0.3) is 0 Å². The van der Waals surface area contributed by atoms with Gasteiger partial charge < -0.3 is 10.1 Å². The molecular formula is C10H11FN2O3. The van der Waals surface area contributed by atoms with E-state index in [1.54, 1.807) is 0 Å². The Morgan fingerprint density at radius 3 is 3.00 bits per heavy atom. The fourth-order valence-corrected chi connectivity index (χ4v) is 1.68. The molecule has 0 aliphatic carbocycles. The topological polar surface area (TPSA) is 64.4 Å². The van der Waals surface area contributed by atoms with Crippen LogP contribution in [0.1, 0.15) is 11.6 Å².